The van der Waals surface area contributed by atoms with Crippen LogP contribution in [0.1, 0.15) is 20.8 Å². The largest absolute Gasteiger partial charge is 0.443 e. The van der Waals surface area contributed by atoms with Crippen LogP contribution in [-0.2, 0) is 4.74 Å². The Morgan fingerprint density at radius 2 is 1.85 bits per heavy atom. The zero-order valence-corrected chi connectivity index (χ0v) is 13.6. The van der Waals surface area contributed by atoms with Gasteiger partial charge >= 0.3 is 6.09 Å². The number of hydrogen-bond donors (Lipinski definition) is 1. The van der Waals surface area contributed by atoms with E-state index in [2.05, 4.69) is 0 Å². The number of rotatable bonds is 1. The fraction of sp³-hybridized carbons (Fsp3) is 0.400. The molecule has 0 aliphatic carbocycles. The molecule has 0 spiro atoms. The minimum absolute atomic E-state index is 0.441. The van der Waals surface area contributed by atoms with Crippen molar-refractivity contribution in [1.29, 1.82) is 0 Å². The van der Waals surface area contributed by atoms with Crippen LogP contribution in [-0.4, -0.2) is 29.4 Å². The minimum atomic E-state index is -2.64. The molecule has 1 aromatic heterocycles. The van der Waals surface area contributed by atoms with Gasteiger partial charge < -0.3 is 9.53 Å². The van der Waals surface area contributed by atoms with Crippen LogP contribution in [0.4, 0.5) is 4.79 Å². The number of nitrogens with zero attached hydrogens (tertiary/aromatic N) is 1. The van der Waals surface area contributed by atoms with E-state index in [0.29, 0.717) is 5.32 Å². The Morgan fingerprint density at radius 1 is 1.25 bits per heavy atom. The summed E-state index contributed by atoms with van der Waals surface area (Å²) >= 11 is 0. The summed E-state index contributed by atoms with van der Waals surface area (Å²) in [5.74, 6) is 0. The predicted octanol–water partition coefficient (Wildman–Crippen LogP) is 2.83. The van der Waals surface area contributed by atoms with E-state index in [4.69, 9.17) is 4.74 Å². The van der Waals surface area contributed by atoms with E-state index in [1.165, 1.54) is 4.57 Å². The van der Waals surface area contributed by atoms with E-state index >= 15 is 0 Å². The lowest BCUT2D eigenvalue weighted by atomic mass is 10.2. The molecule has 0 atom stereocenters. The lowest BCUT2D eigenvalue weighted by molar-refractivity contribution is 0.0548. The molecule has 1 aromatic carbocycles. The maximum atomic E-state index is 12.5. The van der Waals surface area contributed by atoms with E-state index in [1.807, 2.05) is 51.1 Å². The van der Waals surface area contributed by atoms with E-state index in [9.17, 15) is 9.59 Å². The van der Waals surface area contributed by atoms with Gasteiger partial charge in [-0.3, -0.25) is 4.57 Å². The first kappa shape index (κ1) is 14.8. The van der Waals surface area contributed by atoms with Crippen LogP contribution in [0.15, 0.2) is 30.3 Å². The van der Waals surface area contributed by atoms with Crippen molar-refractivity contribution in [3.8, 4) is 0 Å². The Balaban J connectivity index is 2.63. The van der Waals surface area contributed by atoms with Crippen molar-refractivity contribution in [2.45, 2.75) is 39.5 Å². The Labute approximate surface area is 120 Å². The molecule has 0 radical (unpaired) electrons. The second kappa shape index (κ2) is 4.75. The monoisotopic (exact) mass is 291 g/mol. The summed E-state index contributed by atoms with van der Waals surface area (Å²) in [6.45, 7) is 9.08. The second-order valence-electron chi connectivity index (χ2n) is 6.46. The summed E-state index contributed by atoms with van der Waals surface area (Å²) in [6, 6.07) is 9.46. The average Bonchev–Trinajstić information content (AvgIpc) is 2.65. The normalized spacial score (nSPS) is 12.7. The van der Waals surface area contributed by atoms with E-state index in [0.717, 1.165) is 10.9 Å². The molecule has 5 heteroatoms. The Hall–Kier alpha value is -1.59. The molecule has 0 aliphatic heterocycles. The SMILES string of the molecule is CC(C)(C)OC(=O)n1c([Si](C)(C)O)cc2ccccc21. The van der Waals surface area contributed by atoms with Crippen LogP contribution in [0.2, 0.25) is 13.1 Å². The fourth-order valence-electron chi connectivity index (χ4n) is 2.11. The van der Waals surface area contributed by atoms with E-state index in [-0.39, 0.29) is 0 Å². The highest BCUT2D eigenvalue weighted by Gasteiger charge is 2.30. The number of carbonyl (C=O) groups excluding carboxylic acids is 1. The first-order valence-corrected chi connectivity index (χ1v) is 9.61. The van der Waals surface area contributed by atoms with Gasteiger partial charge in [0.05, 0.1) is 5.52 Å². The Bertz CT molecular complexity index is 647. The summed E-state index contributed by atoms with van der Waals surface area (Å²) in [6.07, 6.45) is -0.441. The Morgan fingerprint density at radius 3 is 2.40 bits per heavy atom. The topological polar surface area (TPSA) is 51.5 Å². The molecular formula is C15H21NO3Si. The molecule has 20 heavy (non-hydrogen) atoms. The zero-order chi connectivity index (χ0) is 15.1. The number of fused-ring (bicyclic) bond motifs is 1. The van der Waals surface area contributed by atoms with Crippen molar-refractivity contribution in [3.05, 3.63) is 30.3 Å². The molecule has 4 nitrogen and oxygen atoms in total. The fourth-order valence-corrected chi connectivity index (χ4v) is 3.38. The number of ether oxygens (including phenoxy) is 1. The standard InChI is InChI=1S/C15H21NO3Si/c1-15(2,3)19-14(17)16-12-9-7-6-8-11(12)10-13(16)20(4,5)18/h6-10,18H,1-5H3. The molecule has 2 aromatic rings. The maximum absolute atomic E-state index is 12.5. The van der Waals surface area contributed by atoms with Gasteiger partial charge in [0, 0.05) is 10.7 Å². The molecule has 1 heterocycles. The maximum Gasteiger partial charge on any atom is 0.418 e. The smallest absolute Gasteiger partial charge is 0.418 e. The highest BCUT2D eigenvalue weighted by molar-refractivity contribution is 6.83. The summed E-state index contributed by atoms with van der Waals surface area (Å²) in [4.78, 5) is 22.9. The van der Waals surface area contributed by atoms with Crippen LogP contribution in [0.25, 0.3) is 10.9 Å². The molecule has 1 N–H and O–H groups in total. The van der Waals surface area contributed by atoms with Gasteiger partial charge in [0.1, 0.15) is 5.60 Å². The summed E-state index contributed by atoms with van der Waals surface area (Å²) < 4.78 is 6.97. The van der Waals surface area contributed by atoms with Gasteiger partial charge in [0.2, 0.25) is 8.32 Å². The summed E-state index contributed by atoms with van der Waals surface area (Å²) in [5, 5.41) is 1.59. The number of carbonyl (C=O) groups is 1. The van der Waals surface area contributed by atoms with Crippen molar-refractivity contribution in [1.82, 2.24) is 4.57 Å². The van der Waals surface area contributed by atoms with Gasteiger partial charge in [-0.15, -0.1) is 0 Å². The molecule has 0 fully saturated rings. The number of para-hydroxylation sites is 1. The molecule has 2 rings (SSSR count). The highest BCUT2D eigenvalue weighted by Crippen LogP contribution is 2.18. The van der Waals surface area contributed by atoms with E-state index in [1.54, 1.807) is 13.1 Å². The van der Waals surface area contributed by atoms with Crippen molar-refractivity contribution in [2.24, 2.45) is 0 Å². The molecular weight excluding hydrogens is 270 g/mol. The lowest BCUT2D eigenvalue weighted by Crippen LogP contribution is -2.48. The van der Waals surface area contributed by atoms with Crippen LogP contribution in [0, 0.1) is 0 Å². The van der Waals surface area contributed by atoms with Crippen LogP contribution >= 0.6 is 0 Å². The van der Waals surface area contributed by atoms with Crippen LogP contribution < -0.4 is 5.32 Å². The van der Waals surface area contributed by atoms with Gasteiger partial charge in [-0.2, -0.15) is 0 Å². The average molecular weight is 291 g/mol. The lowest BCUT2D eigenvalue weighted by Gasteiger charge is -2.23. The van der Waals surface area contributed by atoms with Crippen LogP contribution in [0.3, 0.4) is 0 Å². The molecule has 0 saturated heterocycles. The van der Waals surface area contributed by atoms with Crippen LogP contribution in [0.5, 0.6) is 0 Å². The number of benzene rings is 1. The molecule has 0 saturated carbocycles. The van der Waals surface area contributed by atoms with Crippen molar-refractivity contribution >= 4 is 30.6 Å². The minimum Gasteiger partial charge on any atom is -0.443 e. The third-order valence-corrected chi connectivity index (χ3v) is 4.54. The predicted molar refractivity (Wildman–Crippen MR) is 82.9 cm³/mol. The van der Waals surface area contributed by atoms with Crippen molar-refractivity contribution in [3.63, 3.8) is 0 Å². The van der Waals surface area contributed by atoms with Gasteiger partial charge in [-0.1, -0.05) is 18.2 Å². The van der Waals surface area contributed by atoms with E-state index < -0.39 is 20.0 Å². The number of hydrogen-bond acceptors (Lipinski definition) is 3. The van der Waals surface area contributed by atoms with Gasteiger partial charge in [0.25, 0.3) is 0 Å². The van der Waals surface area contributed by atoms with Crippen molar-refractivity contribution in [2.75, 3.05) is 0 Å². The summed E-state index contributed by atoms with van der Waals surface area (Å²) in [5.41, 5.74) is 0.201. The first-order chi connectivity index (χ1) is 9.09. The van der Waals surface area contributed by atoms with Gasteiger partial charge in [-0.25, -0.2) is 4.79 Å². The third kappa shape index (κ3) is 2.94. The highest BCUT2D eigenvalue weighted by atomic mass is 28.4. The zero-order valence-electron chi connectivity index (χ0n) is 12.6. The van der Waals surface area contributed by atoms with Gasteiger partial charge in [0.15, 0.2) is 0 Å². The molecule has 0 amide bonds. The first-order valence-electron chi connectivity index (χ1n) is 6.66. The molecule has 0 bridgehead atoms. The second-order valence-corrected chi connectivity index (χ2v) is 10.1. The number of aromatic nitrogens is 1. The Kier molecular flexibility index (Phi) is 3.52. The molecule has 0 unspecified atom stereocenters. The van der Waals surface area contributed by atoms with Gasteiger partial charge in [-0.05, 0) is 46.0 Å². The quantitative estimate of drug-likeness (QED) is 0.822. The van der Waals surface area contributed by atoms with Crippen molar-refractivity contribution < 1.29 is 14.3 Å². The summed E-state index contributed by atoms with van der Waals surface area (Å²) in [7, 11) is -2.64. The third-order valence-electron chi connectivity index (χ3n) is 2.91. The molecule has 108 valence electrons. The molecule has 0 aliphatic rings.